The Morgan fingerprint density at radius 1 is 1.26 bits per heavy atom. The number of aryl methyl sites for hydroxylation is 2. The molecule has 0 saturated carbocycles. The molecule has 7 heteroatoms. The van der Waals surface area contributed by atoms with Gasteiger partial charge < -0.3 is 10.6 Å². The molecule has 0 fully saturated rings. The molecule has 0 spiro atoms. The van der Waals surface area contributed by atoms with Crippen LogP contribution in [0.15, 0.2) is 17.0 Å². The number of hydrogen-bond acceptors (Lipinski definition) is 5. The first-order valence-electron chi connectivity index (χ1n) is 6.09. The van der Waals surface area contributed by atoms with Gasteiger partial charge in [-0.15, -0.1) is 0 Å². The number of halogens is 1. The largest absolute Gasteiger partial charge is 0.369 e. The van der Waals surface area contributed by atoms with Crippen LogP contribution in [0.1, 0.15) is 18.2 Å². The Morgan fingerprint density at radius 2 is 1.95 bits per heavy atom. The normalized spacial score (nSPS) is 10.5. The van der Waals surface area contributed by atoms with Crippen molar-refractivity contribution in [2.45, 2.75) is 20.4 Å². The fraction of sp³-hybridized carbons (Fsp3) is 0.417. The van der Waals surface area contributed by atoms with E-state index in [4.69, 9.17) is 0 Å². The number of nitrogens with zero attached hydrogens (tertiary/aromatic N) is 4. The Bertz CT molecular complexity index is 565. The lowest BCUT2D eigenvalue weighted by atomic mass is 10.2. The van der Waals surface area contributed by atoms with Gasteiger partial charge in [0.25, 0.3) is 0 Å². The molecule has 2 N–H and O–H groups in total. The summed E-state index contributed by atoms with van der Waals surface area (Å²) < 4.78 is 2.66. The Balaban J connectivity index is 2.11. The summed E-state index contributed by atoms with van der Waals surface area (Å²) in [5, 5.41) is 10.8. The molecule has 2 aromatic rings. The van der Waals surface area contributed by atoms with E-state index in [0.717, 1.165) is 33.9 Å². The van der Waals surface area contributed by atoms with Gasteiger partial charge >= 0.3 is 0 Å². The highest BCUT2D eigenvalue weighted by Crippen LogP contribution is 2.26. The number of rotatable bonds is 5. The van der Waals surface area contributed by atoms with Crippen LogP contribution in [0.3, 0.4) is 0 Å². The summed E-state index contributed by atoms with van der Waals surface area (Å²) in [5.74, 6) is 1.57. The van der Waals surface area contributed by atoms with Gasteiger partial charge in [-0.1, -0.05) is 0 Å². The van der Waals surface area contributed by atoms with Gasteiger partial charge in [-0.3, -0.25) is 4.68 Å². The van der Waals surface area contributed by atoms with Crippen molar-refractivity contribution in [3.8, 4) is 0 Å². The monoisotopic (exact) mass is 324 g/mol. The molecule has 0 bridgehead atoms. The van der Waals surface area contributed by atoms with Crippen molar-refractivity contribution in [1.82, 2.24) is 19.7 Å². The number of anilines is 2. The van der Waals surface area contributed by atoms with Crippen molar-refractivity contribution in [2.75, 3.05) is 17.2 Å². The van der Waals surface area contributed by atoms with E-state index >= 15 is 0 Å². The highest BCUT2D eigenvalue weighted by atomic mass is 79.9. The van der Waals surface area contributed by atoms with Crippen molar-refractivity contribution >= 4 is 27.6 Å². The molecule has 2 rings (SSSR count). The zero-order valence-electron chi connectivity index (χ0n) is 11.2. The van der Waals surface area contributed by atoms with E-state index in [0.29, 0.717) is 6.54 Å². The highest BCUT2D eigenvalue weighted by molar-refractivity contribution is 9.10. The van der Waals surface area contributed by atoms with E-state index < -0.39 is 0 Å². The molecular weight excluding hydrogens is 308 g/mol. The zero-order chi connectivity index (χ0) is 13.8. The molecule has 0 unspecified atom stereocenters. The fourth-order valence-electron chi connectivity index (χ4n) is 1.78. The van der Waals surface area contributed by atoms with Crippen LogP contribution < -0.4 is 10.6 Å². The van der Waals surface area contributed by atoms with Crippen LogP contribution in [0.4, 0.5) is 11.6 Å². The highest BCUT2D eigenvalue weighted by Gasteiger charge is 2.09. The first-order chi connectivity index (χ1) is 9.11. The van der Waals surface area contributed by atoms with E-state index in [-0.39, 0.29) is 0 Å². The maximum Gasteiger partial charge on any atom is 0.146 e. The standard InChI is InChI=1S/C12H17BrN6/c1-4-14-11-10(13)12(17-7-16-11)15-5-9-6-19(3)18-8(9)2/h6-7H,4-5H2,1-3H3,(H2,14,15,16,17). The third-order valence-corrected chi connectivity index (χ3v) is 3.45. The van der Waals surface area contributed by atoms with Crippen LogP contribution in [-0.4, -0.2) is 26.3 Å². The van der Waals surface area contributed by atoms with Gasteiger partial charge in [0.2, 0.25) is 0 Å². The predicted molar refractivity (Wildman–Crippen MR) is 79.2 cm³/mol. The summed E-state index contributed by atoms with van der Waals surface area (Å²) in [6.45, 7) is 5.52. The fourth-order valence-corrected chi connectivity index (χ4v) is 2.27. The van der Waals surface area contributed by atoms with Crippen LogP contribution in [0.25, 0.3) is 0 Å². The summed E-state index contributed by atoms with van der Waals surface area (Å²) in [6.07, 6.45) is 3.55. The molecule has 0 aliphatic rings. The maximum absolute atomic E-state index is 4.31. The van der Waals surface area contributed by atoms with Gasteiger partial charge in [-0.2, -0.15) is 5.10 Å². The van der Waals surface area contributed by atoms with Gasteiger partial charge in [-0.05, 0) is 29.8 Å². The number of aromatic nitrogens is 4. The van der Waals surface area contributed by atoms with E-state index in [1.54, 1.807) is 6.33 Å². The van der Waals surface area contributed by atoms with Gasteiger partial charge in [0, 0.05) is 31.9 Å². The molecule has 0 atom stereocenters. The third kappa shape index (κ3) is 3.23. The van der Waals surface area contributed by atoms with Crippen molar-refractivity contribution < 1.29 is 0 Å². The SMILES string of the molecule is CCNc1ncnc(NCc2cn(C)nc2C)c1Br. The maximum atomic E-state index is 4.31. The zero-order valence-corrected chi connectivity index (χ0v) is 12.8. The second-order valence-corrected chi connectivity index (χ2v) is 4.98. The van der Waals surface area contributed by atoms with Crippen molar-refractivity contribution in [3.05, 3.63) is 28.3 Å². The molecule has 19 heavy (non-hydrogen) atoms. The van der Waals surface area contributed by atoms with Crippen LogP contribution in [0.5, 0.6) is 0 Å². The molecule has 6 nitrogen and oxygen atoms in total. The Hall–Kier alpha value is -1.63. The van der Waals surface area contributed by atoms with Crippen molar-refractivity contribution in [1.29, 1.82) is 0 Å². The average molecular weight is 325 g/mol. The topological polar surface area (TPSA) is 67.7 Å². The average Bonchev–Trinajstić information content (AvgIpc) is 2.69. The predicted octanol–water partition coefficient (Wildman–Crippen LogP) is 2.32. The smallest absolute Gasteiger partial charge is 0.146 e. The second kappa shape index (κ2) is 6.01. The van der Waals surface area contributed by atoms with Crippen LogP contribution in [0, 0.1) is 6.92 Å². The Kier molecular flexibility index (Phi) is 4.36. The van der Waals surface area contributed by atoms with Gasteiger partial charge in [0.05, 0.1) is 5.69 Å². The molecule has 0 aliphatic heterocycles. The second-order valence-electron chi connectivity index (χ2n) is 4.18. The summed E-state index contributed by atoms with van der Waals surface area (Å²) in [6, 6.07) is 0. The minimum atomic E-state index is 0.681. The van der Waals surface area contributed by atoms with Gasteiger partial charge in [-0.25, -0.2) is 9.97 Å². The number of nitrogens with one attached hydrogen (secondary N) is 2. The Labute approximate surface area is 120 Å². The van der Waals surface area contributed by atoms with Gasteiger partial charge in [0.1, 0.15) is 22.4 Å². The molecule has 2 aromatic heterocycles. The van der Waals surface area contributed by atoms with E-state index in [9.17, 15) is 0 Å². The summed E-state index contributed by atoms with van der Waals surface area (Å²) in [7, 11) is 1.92. The van der Waals surface area contributed by atoms with Crippen LogP contribution in [-0.2, 0) is 13.6 Å². The summed E-state index contributed by atoms with van der Waals surface area (Å²) >= 11 is 3.51. The summed E-state index contributed by atoms with van der Waals surface area (Å²) in [5.41, 5.74) is 2.17. The molecular formula is C12H17BrN6. The molecule has 0 aliphatic carbocycles. The molecule has 0 saturated heterocycles. The molecule has 0 radical (unpaired) electrons. The van der Waals surface area contributed by atoms with E-state index in [1.807, 2.05) is 31.8 Å². The molecule has 2 heterocycles. The molecule has 0 amide bonds. The lowest BCUT2D eigenvalue weighted by molar-refractivity contribution is 0.756. The Morgan fingerprint density at radius 3 is 2.53 bits per heavy atom. The van der Waals surface area contributed by atoms with Crippen molar-refractivity contribution in [2.24, 2.45) is 7.05 Å². The van der Waals surface area contributed by atoms with E-state index in [2.05, 4.69) is 41.6 Å². The van der Waals surface area contributed by atoms with E-state index in [1.165, 1.54) is 0 Å². The lowest BCUT2D eigenvalue weighted by Crippen LogP contribution is -2.06. The third-order valence-electron chi connectivity index (χ3n) is 2.70. The number of hydrogen-bond donors (Lipinski definition) is 2. The molecule has 0 aromatic carbocycles. The van der Waals surface area contributed by atoms with Crippen LogP contribution >= 0.6 is 15.9 Å². The minimum Gasteiger partial charge on any atom is -0.369 e. The lowest BCUT2D eigenvalue weighted by Gasteiger charge is -2.10. The molecule has 102 valence electrons. The van der Waals surface area contributed by atoms with Crippen LogP contribution in [0.2, 0.25) is 0 Å². The first-order valence-corrected chi connectivity index (χ1v) is 6.88. The minimum absolute atomic E-state index is 0.681. The summed E-state index contributed by atoms with van der Waals surface area (Å²) in [4.78, 5) is 8.42. The first kappa shape index (κ1) is 13.8. The van der Waals surface area contributed by atoms with Gasteiger partial charge in [0.15, 0.2) is 0 Å². The quantitative estimate of drug-likeness (QED) is 0.883. The van der Waals surface area contributed by atoms with Crippen molar-refractivity contribution in [3.63, 3.8) is 0 Å².